The van der Waals surface area contributed by atoms with Crippen molar-refractivity contribution >= 4 is 63.2 Å². The average molecular weight is 391 g/mol. The Hall–Kier alpha value is -2.28. The first-order chi connectivity index (χ1) is 12.0. The number of nitrogens with one attached hydrogen (secondary N) is 1. The van der Waals surface area contributed by atoms with E-state index in [2.05, 4.69) is 10.3 Å². The Balaban J connectivity index is 1.81. The number of fused-ring (bicyclic) bond motifs is 1. The van der Waals surface area contributed by atoms with Crippen LogP contribution in [0.1, 0.15) is 5.76 Å². The summed E-state index contributed by atoms with van der Waals surface area (Å²) in [5.74, 6) is 0.0231. The molecule has 0 aliphatic carbocycles. The fourth-order valence-corrected chi connectivity index (χ4v) is 3.43. The van der Waals surface area contributed by atoms with E-state index in [0.717, 1.165) is 28.3 Å². The molecule has 1 aliphatic heterocycles. The molecule has 1 fully saturated rings. The second-order valence-electron chi connectivity index (χ2n) is 5.24. The molecule has 124 valence electrons. The monoisotopic (exact) mass is 390 g/mol. The minimum atomic E-state index is -0.432. The molecule has 1 saturated heterocycles. The van der Waals surface area contributed by atoms with Crippen molar-refractivity contribution in [2.24, 2.45) is 0 Å². The van der Waals surface area contributed by atoms with Crippen LogP contribution in [0.25, 0.3) is 28.2 Å². The maximum Gasteiger partial charge on any atom is 0.290 e. The SMILES string of the molecule is O=C1NC(=O)/C(=C\c2cc3cncc(-c4ccc(Cl)c(Cl)c4)c3o2)S1. The van der Waals surface area contributed by atoms with Gasteiger partial charge in [-0.2, -0.15) is 0 Å². The van der Waals surface area contributed by atoms with Gasteiger partial charge in [0, 0.05) is 29.4 Å². The largest absolute Gasteiger partial charge is 0.456 e. The number of carbonyl (C=O) groups is 2. The number of imide groups is 1. The Morgan fingerprint density at radius 1 is 1.12 bits per heavy atom. The second-order valence-corrected chi connectivity index (χ2v) is 7.06. The summed E-state index contributed by atoms with van der Waals surface area (Å²) >= 11 is 12.9. The Labute approximate surface area is 156 Å². The van der Waals surface area contributed by atoms with Gasteiger partial charge in [0.05, 0.1) is 15.0 Å². The lowest BCUT2D eigenvalue weighted by Crippen LogP contribution is -2.17. The van der Waals surface area contributed by atoms with Crippen molar-refractivity contribution in [3.05, 3.63) is 57.4 Å². The van der Waals surface area contributed by atoms with Gasteiger partial charge in [-0.3, -0.25) is 19.9 Å². The Kier molecular flexibility index (Phi) is 4.03. The quantitative estimate of drug-likeness (QED) is 0.614. The van der Waals surface area contributed by atoms with Gasteiger partial charge < -0.3 is 4.42 Å². The van der Waals surface area contributed by atoms with Gasteiger partial charge in [-0.25, -0.2) is 0 Å². The molecule has 0 saturated carbocycles. The molecule has 1 N–H and O–H groups in total. The van der Waals surface area contributed by atoms with E-state index in [1.165, 1.54) is 6.08 Å². The van der Waals surface area contributed by atoms with Gasteiger partial charge in [0.25, 0.3) is 11.1 Å². The highest BCUT2D eigenvalue weighted by molar-refractivity contribution is 8.18. The van der Waals surface area contributed by atoms with E-state index in [9.17, 15) is 9.59 Å². The Bertz CT molecular complexity index is 1070. The summed E-state index contributed by atoms with van der Waals surface area (Å²) in [6.07, 6.45) is 4.86. The molecule has 5 nitrogen and oxygen atoms in total. The molecule has 1 aliphatic rings. The van der Waals surface area contributed by atoms with Crippen LogP contribution in [-0.2, 0) is 4.79 Å². The lowest BCUT2D eigenvalue weighted by atomic mass is 10.1. The number of hydrogen-bond acceptors (Lipinski definition) is 5. The van der Waals surface area contributed by atoms with Gasteiger partial charge in [-0.1, -0.05) is 29.3 Å². The minimum absolute atomic E-state index is 0.285. The molecule has 2 amide bonds. The van der Waals surface area contributed by atoms with Crippen LogP contribution in [0.2, 0.25) is 10.0 Å². The van der Waals surface area contributed by atoms with Crippen LogP contribution in [0.4, 0.5) is 4.79 Å². The summed E-state index contributed by atoms with van der Waals surface area (Å²) in [4.78, 5) is 27.4. The number of furan rings is 1. The molecule has 0 atom stereocenters. The van der Waals surface area contributed by atoms with E-state index in [0.29, 0.717) is 21.4 Å². The van der Waals surface area contributed by atoms with Crippen molar-refractivity contribution < 1.29 is 14.0 Å². The van der Waals surface area contributed by atoms with Crippen molar-refractivity contribution in [1.82, 2.24) is 10.3 Å². The number of amides is 2. The highest BCUT2D eigenvalue weighted by atomic mass is 35.5. The number of aromatic nitrogens is 1. The Morgan fingerprint density at radius 2 is 1.96 bits per heavy atom. The molecule has 0 unspecified atom stereocenters. The zero-order chi connectivity index (χ0) is 17.6. The van der Waals surface area contributed by atoms with Crippen LogP contribution in [0.5, 0.6) is 0 Å². The predicted octanol–water partition coefficient (Wildman–Crippen LogP) is 5.13. The number of nitrogens with zero attached hydrogens (tertiary/aromatic N) is 1. The summed E-state index contributed by atoms with van der Waals surface area (Å²) in [6, 6.07) is 7.02. The van der Waals surface area contributed by atoms with Crippen LogP contribution >= 0.6 is 35.0 Å². The van der Waals surface area contributed by atoms with E-state index in [4.69, 9.17) is 27.6 Å². The maximum absolute atomic E-state index is 11.7. The van der Waals surface area contributed by atoms with Crippen LogP contribution in [-0.4, -0.2) is 16.1 Å². The molecule has 0 bridgehead atoms. The number of halogens is 2. The highest BCUT2D eigenvalue weighted by Gasteiger charge is 2.25. The average Bonchev–Trinajstić information content (AvgIpc) is 3.12. The smallest absolute Gasteiger partial charge is 0.290 e. The van der Waals surface area contributed by atoms with Crippen molar-refractivity contribution in [1.29, 1.82) is 0 Å². The van der Waals surface area contributed by atoms with E-state index < -0.39 is 11.1 Å². The van der Waals surface area contributed by atoms with Gasteiger partial charge in [0.2, 0.25) is 0 Å². The molecule has 3 aromatic rings. The number of rotatable bonds is 2. The van der Waals surface area contributed by atoms with Crippen molar-refractivity contribution in [2.45, 2.75) is 0 Å². The molecule has 4 rings (SSSR count). The Morgan fingerprint density at radius 3 is 2.68 bits per heavy atom. The standard InChI is InChI=1S/C17H8Cl2N2O3S/c18-12-2-1-8(4-13(12)19)11-7-20-6-9-3-10(24-15(9)11)5-14-16(22)21-17(23)25-14/h1-7H,(H,21,22,23)/b14-5+. The molecule has 1 aromatic carbocycles. The third-order valence-electron chi connectivity index (χ3n) is 3.59. The summed E-state index contributed by atoms with van der Waals surface area (Å²) in [5.41, 5.74) is 2.17. The summed E-state index contributed by atoms with van der Waals surface area (Å²) in [6.45, 7) is 0. The third-order valence-corrected chi connectivity index (χ3v) is 5.14. The van der Waals surface area contributed by atoms with Crippen LogP contribution < -0.4 is 5.32 Å². The van der Waals surface area contributed by atoms with Crippen LogP contribution in [0, 0.1) is 0 Å². The molecular weight excluding hydrogens is 383 g/mol. The first kappa shape index (κ1) is 16.2. The van der Waals surface area contributed by atoms with Crippen LogP contribution in [0.3, 0.4) is 0 Å². The highest BCUT2D eigenvalue weighted by Crippen LogP contribution is 2.35. The van der Waals surface area contributed by atoms with Crippen LogP contribution in [0.15, 0.2) is 46.0 Å². The first-order valence-electron chi connectivity index (χ1n) is 7.09. The number of benzene rings is 1. The molecule has 0 spiro atoms. The first-order valence-corrected chi connectivity index (χ1v) is 8.66. The molecule has 25 heavy (non-hydrogen) atoms. The summed E-state index contributed by atoms with van der Waals surface area (Å²) in [7, 11) is 0. The van der Waals surface area contributed by atoms with Gasteiger partial charge >= 0.3 is 0 Å². The molecule has 3 heterocycles. The third kappa shape index (κ3) is 3.04. The summed E-state index contributed by atoms with van der Waals surface area (Å²) < 4.78 is 5.87. The van der Waals surface area contributed by atoms with Gasteiger partial charge in [0.1, 0.15) is 11.3 Å². The molecule has 0 radical (unpaired) electrons. The second kappa shape index (κ2) is 6.22. The minimum Gasteiger partial charge on any atom is -0.456 e. The fraction of sp³-hybridized carbons (Fsp3) is 0. The van der Waals surface area contributed by atoms with E-state index in [1.54, 1.807) is 30.6 Å². The van der Waals surface area contributed by atoms with E-state index in [-0.39, 0.29) is 4.91 Å². The number of pyridine rings is 1. The van der Waals surface area contributed by atoms with E-state index in [1.807, 2.05) is 6.07 Å². The van der Waals surface area contributed by atoms with Gasteiger partial charge in [-0.15, -0.1) is 0 Å². The number of hydrogen-bond donors (Lipinski definition) is 1. The van der Waals surface area contributed by atoms with Crippen molar-refractivity contribution in [3.8, 4) is 11.1 Å². The maximum atomic E-state index is 11.7. The molecule has 2 aromatic heterocycles. The topological polar surface area (TPSA) is 72.2 Å². The number of carbonyl (C=O) groups excluding carboxylic acids is 2. The molecular formula is C17H8Cl2N2O3S. The fourth-order valence-electron chi connectivity index (χ4n) is 2.47. The normalized spacial score (nSPS) is 16.0. The van der Waals surface area contributed by atoms with Crippen molar-refractivity contribution in [3.63, 3.8) is 0 Å². The van der Waals surface area contributed by atoms with Gasteiger partial charge in [0.15, 0.2) is 0 Å². The number of thioether (sulfide) groups is 1. The van der Waals surface area contributed by atoms with Crippen molar-refractivity contribution in [2.75, 3.05) is 0 Å². The zero-order valence-corrected chi connectivity index (χ0v) is 14.7. The molecule has 8 heteroatoms. The zero-order valence-electron chi connectivity index (χ0n) is 12.4. The summed E-state index contributed by atoms with van der Waals surface area (Å²) in [5, 5.41) is 3.47. The van der Waals surface area contributed by atoms with Gasteiger partial charge in [-0.05, 0) is 35.5 Å². The lowest BCUT2D eigenvalue weighted by molar-refractivity contribution is -0.115. The van der Waals surface area contributed by atoms with E-state index >= 15 is 0 Å². The lowest BCUT2D eigenvalue weighted by Gasteiger charge is -2.03. The predicted molar refractivity (Wildman–Crippen MR) is 98.6 cm³/mol.